The van der Waals surface area contributed by atoms with E-state index >= 15 is 0 Å². The number of rotatable bonds is 1. The van der Waals surface area contributed by atoms with Gasteiger partial charge in [-0.1, -0.05) is 0 Å². The normalized spacial score (nSPS) is 19.4. The van der Waals surface area contributed by atoms with E-state index in [4.69, 9.17) is 5.11 Å². The van der Waals surface area contributed by atoms with E-state index in [1.807, 2.05) is 13.0 Å². The molecule has 1 aromatic rings. The molecule has 74 valence electrons. The number of carboxylic acid groups (broad SMARTS) is 1. The summed E-state index contributed by atoms with van der Waals surface area (Å²) in [6.45, 7) is 1.92. The molecule has 0 amide bonds. The Kier molecular flexibility index (Phi) is 2.31. The lowest BCUT2D eigenvalue weighted by Crippen LogP contribution is -2.13. The van der Waals surface area contributed by atoms with E-state index in [1.165, 1.54) is 0 Å². The number of hydrogen-bond donors (Lipinski definition) is 1. The van der Waals surface area contributed by atoms with Crippen LogP contribution >= 0.6 is 15.9 Å². The fourth-order valence-electron chi connectivity index (χ4n) is 1.77. The minimum atomic E-state index is -0.725. The van der Waals surface area contributed by atoms with Gasteiger partial charge in [-0.05, 0) is 40.9 Å². The first kappa shape index (κ1) is 9.65. The highest BCUT2D eigenvalue weighted by Gasteiger charge is 2.28. The summed E-state index contributed by atoms with van der Waals surface area (Å²) in [4.78, 5) is 15.2. The predicted molar refractivity (Wildman–Crippen MR) is 55.2 cm³/mol. The van der Waals surface area contributed by atoms with Crippen molar-refractivity contribution in [3.8, 4) is 0 Å². The van der Waals surface area contributed by atoms with Crippen molar-refractivity contribution in [3.05, 3.63) is 27.5 Å². The fourth-order valence-corrected chi connectivity index (χ4v) is 2.13. The Hall–Kier alpha value is -0.900. The molecule has 1 atom stereocenters. The first-order valence-electron chi connectivity index (χ1n) is 4.45. The zero-order chi connectivity index (χ0) is 10.3. The van der Waals surface area contributed by atoms with Crippen molar-refractivity contribution in [3.63, 3.8) is 0 Å². The van der Waals surface area contributed by atoms with E-state index in [9.17, 15) is 4.79 Å². The van der Waals surface area contributed by atoms with E-state index in [0.29, 0.717) is 12.8 Å². The molecule has 0 fully saturated rings. The van der Waals surface area contributed by atoms with Crippen LogP contribution in [0.25, 0.3) is 0 Å². The number of aromatic nitrogens is 1. The molecule has 0 radical (unpaired) electrons. The van der Waals surface area contributed by atoms with Crippen LogP contribution in [-0.4, -0.2) is 16.1 Å². The standard InChI is InChI=1S/C10H10BrNO2/c1-5-8(11)3-6-2-7(10(13)14)4-9(6)12-5/h3,7H,2,4H2,1H3,(H,13,14). The van der Waals surface area contributed by atoms with Gasteiger partial charge in [-0.2, -0.15) is 0 Å². The lowest BCUT2D eigenvalue weighted by molar-refractivity contribution is -0.141. The van der Waals surface area contributed by atoms with Gasteiger partial charge in [0.2, 0.25) is 0 Å². The van der Waals surface area contributed by atoms with Crippen molar-refractivity contribution in [1.82, 2.24) is 4.98 Å². The number of fused-ring (bicyclic) bond motifs is 1. The smallest absolute Gasteiger partial charge is 0.307 e. The topological polar surface area (TPSA) is 50.2 Å². The molecule has 1 aliphatic carbocycles. The van der Waals surface area contributed by atoms with E-state index in [2.05, 4.69) is 20.9 Å². The molecule has 1 aromatic heterocycles. The average molecular weight is 256 g/mol. The largest absolute Gasteiger partial charge is 0.481 e. The molecule has 1 N–H and O–H groups in total. The summed E-state index contributed by atoms with van der Waals surface area (Å²) in [7, 11) is 0. The monoisotopic (exact) mass is 255 g/mol. The minimum Gasteiger partial charge on any atom is -0.481 e. The number of aliphatic carboxylic acids is 1. The summed E-state index contributed by atoms with van der Waals surface area (Å²) in [5.74, 6) is -1.01. The summed E-state index contributed by atoms with van der Waals surface area (Å²) >= 11 is 3.40. The summed E-state index contributed by atoms with van der Waals surface area (Å²) in [5.41, 5.74) is 2.93. The zero-order valence-electron chi connectivity index (χ0n) is 7.75. The summed E-state index contributed by atoms with van der Waals surface area (Å²) in [6, 6.07) is 1.99. The Morgan fingerprint density at radius 3 is 3.00 bits per heavy atom. The third-order valence-corrected chi connectivity index (χ3v) is 3.38. The number of carbonyl (C=O) groups is 1. The van der Waals surface area contributed by atoms with Gasteiger partial charge in [0.25, 0.3) is 0 Å². The predicted octanol–water partition coefficient (Wildman–Crippen LogP) is 1.95. The van der Waals surface area contributed by atoms with Crippen LogP contribution < -0.4 is 0 Å². The molecule has 0 spiro atoms. The molecule has 0 aliphatic heterocycles. The van der Waals surface area contributed by atoms with Gasteiger partial charge in [-0.3, -0.25) is 9.78 Å². The van der Waals surface area contributed by atoms with Gasteiger partial charge < -0.3 is 5.11 Å². The summed E-state index contributed by atoms with van der Waals surface area (Å²) < 4.78 is 0.960. The van der Waals surface area contributed by atoms with Crippen LogP contribution in [0.5, 0.6) is 0 Å². The van der Waals surface area contributed by atoms with Crippen LogP contribution in [0, 0.1) is 12.8 Å². The lowest BCUT2D eigenvalue weighted by Gasteiger charge is -2.01. The van der Waals surface area contributed by atoms with Crippen LogP contribution in [0.3, 0.4) is 0 Å². The minimum absolute atomic E-state index is 0.286. The highest BCUT2D eigenvalue weighted by atomic mass is 79.9. The number of nitrogens with zero attached hydrogens (tertiary/aromatic N) is 1. The van der Waals surface area contributed by atoms with E-state index in [1.54, 1.807) is 0 Å². The van der Waals surface area contributed by atoms with Crippen molar-refractivity contribution in [1.29, 1.82) is 0 Å². The molecule has 0 aromatic carbocycles. The number of hydrogen-bond acceptors (Lipinski definition) is 2. The molecule has 4 heteroatoms. The van der Waals surface area contributed by atoms with Crippen LogP contribution in [0.2, 0.25) is 0 Å². The van der Waals surface area contributed by atoms with Crippen LogP contribution in [-0.2, 0) is 17.6 Å². The fraction of sp³-hybridized carbons (Fsp3) is 0.400. The van der Waals surface area contributed by atoms with Crippen LogP contribution in [0.15, 0.2) is 10.5 Å². The maximum Gasteiger partial charge on any atom is 0.307 e. The van der Waals surface area contributed by atoms with Crippen LogP contribution in [0.1, 0.15) is 17.0 Å². The summed E-state index contributed by atoms with van der Waals surface area (Å²) in [5, 5.41) is 8.88. The third-order valence-electron chi connectivity index (χ3n) is 2.58. The molecule has 0 saturated carbocycles. The Labute approximate surface area is 90.3 Å². The molecule has 0 saturated heterocycles. The van der Waals surface area contributed by atoms with Crippen molar-refractivity contribution < 1.29 is 9.90 Å². The SMILES string of the molecule is Cc1nc2c(cc1Br)CC(C(=O)O)C2. The Morgan fingerprint density at radius 1 is 1.64 bits per heavy atom. The molecule has 1 heterocycles. The van der Waals surface area contributed by atoms with Gasteiger partial charge in [0.05, 0.1) is 11.6 Å². The van der Waals surface area contributed by atoms with E-state index in [-0.39, 0.29) is 5.92 Å². The maximum atomic E-state index is 10.8. The molecular formula is C10H10BrNO2. The van der Waals surface area contributed by atoms with Gasteiger partial charge >= 0.3 is 5.97 Å². The van der Waals surface area contributed by atoms with Gasteiger partial charge in [0.1, 0.15) is 0 Å². The second kappa shape index (κ2) is 3.35. The molecule has 1 unspecified atom stereocenters. The van der Waals surface area contributed by atoms with Crippen molar-refractivity contribution >= 4 is 21.9 Å². The highest BCUT2D eigenvalue weighted by Crippen LogP contribution is 2.29. The Bertz CT molecular complexity index is 372. The second-order valence-electron chi connectivity index (χ2n) is 3.60. The zero-order valence-corrected chi connectivity index (χ0v) is 9.34. The van der Waals surface area contributed by atoms with Crippen molar-refractivity contribution in [2.45, 2.75) is 19.8 Å². The maximum absolute atomic E-state index is 10.8. The molecule has 2 rings (SSSR count). The highest BCUT2D eigenvalue weighted by molar-refractivity contribution is 9.10. The van der Waals surface area contributed by atoms with E-state index in [0.717, 1.165) is 21.4 Å². The number of pyridine rings is 1. The lowest BCUT2D eigenvalue weighted by atomic mass is 10.1. The average Bonchev–Trinajstić information content (AvgIpc) is 2.48. The van der Waals surface area contributed by atoms with Gasteiger partial charge in [0.15, 0.2) is 0 Å². The van der Waals surface area contributed by atoms with Crippen LogP contribution in [0.4, 0.5) is 0 Å². The first-order chi connectivity index (χ1) is 6.58. The molecular weight excluding hydrogens is 246 g/mol. The number of halogens is 1. The quantitative estimate of drug-likeness (QED) is 0.835. The van der Waals surface area contributed by atoms with Gasteiger partial charge in [0, 0.05) is 16.6 Å². The number of aryl methyl sites for hydroxylation is 1. The number of carboxylic acids is 1. The second-order valence-corrected chi connectivity index (χ2v) is 4.46. The third kappa shape index (κ3) is 1.54. The van der Waals surface area contributed by atoms with E-state index < -0.39 is 5.97 Å². The van der Waals surface area contributed by atoms with Gasteiger partial charge in [-0.15, -0.1) is 0 Å². The molecule has 1 aliphatic rings. The van der Waals surface area contributed by atoms with Crippen molar-refractivity contribution in [2.24, 2.45) is 5.92 Å². The molecule has 14 heavy (non-hydrogen) atoms. The first-order valence-corrected chi connectivity index (χ1v) is 5.25. The Morgan fingerprint density at radius 2 is 2.36 bits per heavy atom. The van der Waals surface area contributed by atoms with Crippen molar-refractivity contribution in [2.75, 3.05) is 0 Å². The molecule has 0 bridgehead atoms. The molecule has 3 nitrogen and oxygen atoms in total. The summed E-state index contributed by atoms with van der Waals surface area (Å²) in [6.07, 6.45) is 1.18. The van der Waals surface area contributed by atoms with Gasteiger partial charge in [-0.25, -0.2) is 0 Å². The Balaban J connectivity index is 2.36.